The highest BCUT2D eigenvalue weighted by Gasteiger charge is 2.26. The van der Waals surface area contributed by atoms with Crippen LogP contribution in [0.2, 0.25) is 0 Å². The predicted octanol–water partition coefficient (Wildman–Crippen LogP) is 1.47. The first-order valence-corrected chi connectivity index (χ1v) is 7.66. The first-order chi connectivity index (χ1) is 8.50. The van der Waals surface area contributed by atoms with E-state index in [1.807, 2.05) is 0 Å². The lowest BCUT2D eigenvalue weighted by atomic mass is 10.0. The van der Waals surface area contributed by atoms with Gasteiger partial charge in [-0.2, -0.15) is 4.31 Å². The van der Waals surface area contributed by atoms with E-state index in [0.717, 1.165) is 19.3 Å². The first kappa shape index (κ1) is 13.3. The zero-order valence-corrected chi connectivity index (χ0v) is 11.4. The fraction of sp³-hybridized carbons (Fsp3) is 0.583. The molecule has 6 heteroatoms. The number of nitrogens with zero attached hydrogens (tertiary/aromatic N) is 2. The van der Waals surface area contributed by atoms with Gasteiger partial charge in [0, 0.05) is 25.4 Å². The average molecular weight is 269 g/mol. The van der Waals surface area contributed by atoms with E-state index < -0.39 is 10.0 Å². The zero-order valence-electron chi connectivity index (χ0n) is 10.5. The molecule has 2 N–H and O–H groups in total. The molecule has 1 aliphatic rings. The van der Waals surface area contributed by atoms with Crippen molar-refractivity contribution < 1.29 is 8.42 Å². The van der Waals surface area contributed by atoms with Gasteiger partial charge in [0.25, 0.3) is 0 Å². The summed E-state index contributed by atoms with van der Waals surface area (Å²) in [5.41, 5.74) is 5.54. The Morgan fingerprint density at radius 2 is 2.17 bits per heavy atom. The molecule has 0 spiro atoms. The van der Waals surface area contributed by atoms with Crippen LogP contribution in [0.1, 0.15) is 26.2 Å². The molecule has 1 aromatic rings. The molecule has 18 heavy (non-hydrogen) atoms. The minimum Gasteiger partial charge on any atom is -0.384 e. The van der Waals surface area contributed by atoms with E-state index in [1.54, 1.807) is 4.31 Å². The van der Waals surface area contributed by atoms with Crippen molar-refractivity contribution in [1.29, 1.82) is 0 Å². The predicted molar refractivity (Wildman–Crippen MR) is 70.4 cm³/mol. The zero-order chi connectivity index (χ0) is 13.2. The summed E-state index contributed by atoms with van der Waals surface area (Å²) in [6.45, 7) is 3.35. The Balaban J connectivity index is 2.25. The first-order valence-electron chi connectivity index (χ1n) is 6.22. The molecule has 2 rings (SSSR count). The molecular weight excluding hydrogens is 250 g/mol. The monoisotopic (exact) mass is 269 g/mol. The summed E-state index contributed by atoms with van der Waals surface area (Å²) in [6.07, 6.45) is 4.36. The third-order valence-corrected chi connectivity index (χ3v) is 5.26. The van der Waals surface area contributed by atoms with Crippen LogP contribution in [0.15, 0.2) is 23.2 Å². The average Bonchev–Trinajstić information content (AvgIpc) is 2.54. The van der Waals surface area contributed by atoms with Crippen LogP contribution in [0, 0.1) is 5.92 Å². The number of pyridine rings is 1. The molecule has 0 radical (unpaired) electrons. The highest BCUT2D eigenvalue weighted by Crippen LogP contribution is 2.23. The van der Waals surface area contributed by atoms with Gasteiger partial charge in [0.2, 0.25) is 10.0 Å². The molecule has 0 aromatic carbocycles. The van der Waals surface area contributed by atoms with E-state index in [0.29, 0.717) is 19.0 Å². The van der Waals surface area contributed by atoms with Crippen molar-refractivity contribution in [3.63, 3.8) is 0 Å². The molecule has 2 heterocycles. The number of aromatic nitrogens is 1. The maximum atomic E-state index is 12.4. The van der Waals surface area contributed by atoms with Crippen LogP contribution in [0.4, 0.5) is 5.82 Å². The van der Waals surface area contributed by atoms with Crippen molar-refractivity contribution in [2.75, 3.05) is 18.8 Å². The standard InChI is InChI=1S/C12H19N3O2S/c1-10-3-2-7-15(8-5-10)18(16,17)11-4-6-14-12(13)9-11/h4,6,9-10H,2-3,5,7-8H2,1H3,(H2,13,14). The number of rotatable bonds is 2. The van der Waals surface area contributed by atoms with E-state index in [4.69, 9.17) is 5.73 Å². The number of sulfonamides is 1. The van der Waals surface area contributed by atoms with Gasteiger partial charge in [-0.3, -0.25) is 0 Å². The molecule has 0 bridgehead atoms. The molecule has 0 saturated carbocycles. The van der Waals surface area contributed by atoms with E-state index >= 15 is 0 Å². The van der Waals surface area contributed by atoms with Gasteiger partial charge in [-0.25, -0.2) is 13.4 Å². The van der Waals surface area contributed by atoms with Crippen molar-refractivity contribution in [3.05, 3.63) is 18.3 Å². The third-order valence-electron chi connectivity index (χ3n) is 3.37. The Morgan fingerprint density at radius 1 is 1.39 bits per heavy atom. The molecule has 5 nitrogen and oxygen atoms in total. The Bertz CT molecular complexity index is 516. The fourth-order valence-electron chi connectivity index (χ4n) is 2.21. The smallest absolute Gasteiger partial charge is 0.243 e. The van der Waals surface area contributed by atoms with Crippen LogP contribution in [-0.4, -0.2) is 30.8 Å². The minimum atomic E-state index is -3.42. The lowest BCUT2D eigenvalue weighted by Crippen LogP contribution is -2.32. The highest BCUT2D eigenvalue weighted by atomic mass is 32.2. The number of nitrogen functional groups attached to an aromatic ring is 1. The highest BCUT2D eigenvalue weighted by molar-refractivity contribution is 7.89. The van der Waals surface area contributed by atoms with E-state index in [-0.39, 0.29) is 10.7 Å². The number of anilines is 1. The minimum absolute atomic E-state index is 0.235. The molecule has 0 aliphatic carbocycles. The van der Waals surface area contributed by atoms with Crippen molar-refractivity contribution in [1.82, 2.24) is 9.29 Å². The molecular formula is C12H19N3O2S. The Kier molecular flexibility index (Phi) is 3.87. The lowest BCUT2D eigenvalue weighted by Gasteiger charge is -2.20. The Morgan fingerprint density at radius 3 is 2.89 bits per heavy atom. The number of nitrogens with two attached hydrogens (primary N) is 1. The van der Waals surface area contributed by atoms with Crippen LogP contribution in [0.3, 0.4) is 0 Å². The molecule has 1 aromatic heterocycles. The summed E-state index contributed by atoms with van der Waals surface area (Å²) in [5.74, 6) is 0.826. The van der Waals surface area contributed by atoms with E-state index in [9.17, 15) is 8.42 Å². The van der Waals surface area contributed by atoms with Crippen LogP contribution < -0.4 is 5.73 Å². The summed E-state index contributed by atoms with van der Waals surface area (Å²) in [4.78, 5) is 4.06. The maximum absolute atomic E-state index is 12.4. The van der Waals surface area contributed by atoms with Gasteiger partial charge >= 0.3 is 0 Å². The van der Waals surface area contributed by atoms with Gasteiger partial charge in [0.15, 0.2) is 0 Å². The van der Waals surface area contributed by atoms with Gasteiger partial charge in [-0.1, -0.05) is 6.92 Å². The SMILES string of the molecule is CC1CCCN(S(=O)(=O)c2ccnc(N)c2)CC1. The second-order valence-electron chi connectivity index (χ2n) is 4.86. The van der Waals surface area contributed by atoms with Crippen LogP contribution in [-0.2, 0) is 10.0 Å². The summed E-state index contributed by atoms with van der Waals surface area (Å²) in [6, 6.07) is 2.92. The Hall–Kier alpha value is -1.14. The summed E-state index contributed by atoms with van der Waals surface area (Å²) >= 11 is 0. The van der Waals surface area contributed by atoms with Crippen molar-refractivity contribution >= 4 is 15.8 Å². The molecule has 1 aliphatic heterocycles. The van der Waals surface area contributed by atoms with Gasteiger partial charge in [0.05, 0.1) is 4.90 Å². The summed E-state index contributed by atoms with van der Waals surface area (Å²) in [7, 11) is -3.42. The van der Waals surface area contributed by atoms with Gasteiger partial charge < -0.3 is 5.73 Å². The second kappa shape index (κ2) is 5.24. The van der Waals surface area contributed by atoms with Gasteiger partial charge in [0.1, 0.15) is 5.82 Å². The molecule has 1 saturated heterocycles. The van der Waals surface area contributed by atoms with Crippen molar-refractivity contribution in [2.24, 2.45) is 5.92 Å². The van der Waals surface area contributed by atoms with Crippen LogP contribution in [0.5, 0.6) is 0 Å². The van der Waals surface area contributed by atoms with E-state index in [2.05, 4.69) is 11.9 Å². The summed E-state index contributed by atoms with van der Waals surface area (Å²) in [5, 5.41) is 0. The number of hydrogen-bond donors (Lipinski definition) is 1. The van der Waals surface area contributed by atoms with Crippen LogP contribution in [0.25, 0.3) is 0 Å². The largest absolute Gasteiger partial charge is 0.384 e. The van der Waals surface area contributed by atoms with Crippen molar-refractivity contribution in [3.8, 4) is 0 Å². The fourth-order valence-corrected chi connectivity index (χ4v) is 3.73. The second-order valence-corrected chi connectivity index (χ2v) is 6.79. The van der Waals surface area contributed by atoms with E-state index in [1.165, 1.54) is 18.3 Å². The normalized spacial score (nSPS) is 22.6. The molecule has 1 fully saturated rings. The maximum Gasteiger partial charge on any atom is 0.243 e. The van der Waals surface area contributed by atoms with Crippen molar-refractivity contribution in [2.45, 2.75) is 31.1 Å². The third kappa shape index (κ3) is 2.81. The van der Waals surface area contributed by atoms with Crippen LogP contribution >= 0.6 is 0 Å². The molecule has 1 unspecified atom stereocenters. The quantitative estimate of drug-likeness (QED) is 0.882. The Labute approximate surface area is 108 Å². The van der Waals surface area contributed by atoms with Gasteiger partial charge in [-0.05, 0) is 31.2 Å². The summed E-state index contributed by atoms with van der Waals surface area (Å²) < 4.78 is 26.4. The van der Waals surface area contributed by atoms with Gasteiger partial charge in [-0.15, -0.1) is 0 Å². The molecule has 100 valence electrons. The topological polar surface area (TPSA) is 76.3 Å². The molecule has 0 amide bonds. The lowest BCUT2D eigenvalue weighted by molar-refractivity contribution is 0.417. The molecule has 1 atom stereocenters. The number of hydrogen-bond acceptors (Lipinski definition) is 4.